The lowest BCUT2D eigenvalue weighted by molar-refractivity contribution is -0.253. The summed E-state index contributed by atoms with van der Waals surface area (Å²) in [4.78, 5) is 21.5. The molecule has 10 N–H and O–H groups in total. The molecule has 2 rings (SSSR count). The molecule has 2 saturated heterocycles. The van der Waals surface area contributed by atoms with Gasteiger partial charge in [-0.25, -0.2) is 0 Å². The van der Waals surface area contributed by atoms with Crippen LogP contribution in [0.4, 0.5) is 0 Å². The van der Waals surface area contributed by atoms with Crippen molar-refractivity contribution in [2.75, 3.05) is 13.2 Å². The van der Waals surface area contributed by atoms with E-state index in [1.165, 1.54) is 13.8 Å². The molecule has 14 heteroatoms. The minimum absolute atomic E-state index is 0.462. The summed E-state index contributed by atoms with van der Waals surface area (Å²) >= 11 is 0. The number of hydrogen-bond donors (Lipinski definition) is 10. The second kappa shape index (κ2) is 11.8. The summed E-state index contributed by atoms with van der Waals surface area (Å²) in [5.74, 6) is -0.923. The van der Waals surface area contributed by atoms with E-state index in [-0.39, 0.29) is 0 Å². The zero-order valence-corrected chi connectivity index (χ0v) is 16.4. The number of carbonyl (C=O) groups excluding carboxylic acids is 2. The van der Waals surface area contributed by atoms with Crippen LogP contribution in [0.25, 0.3) is 0 Å². The molecular weight excluding hydrogens is 412 g/mol. The van der Waals surface area contributed by atoms with Crippen LogP contribution in [0, 0.1) is 0 Å². The first-order valence-electron chi connectivity index (χ1n) is 9.09. The average Bonchev–Trinajstić information content (AvgIpc) is 2.68. The lowest BCUT2D eigenvalue weighted by Crippen LogP contribution is -2.63. The highest BCUT2D eigenvalue weighted by atomic mass is 16.6. The summed E-state index contributed by atoms with van der Waals surface area (Å²) in [7, 11) is 0. The predicted molar refractivity (Wildman–Crippen MR) is 95.2 cm³/mol. The van der Waals surface area contributed by atoms with E-state index >= 15 is 0 Å². The maximum absolute atomic E-state index is 10.7. The first-order chi connectivity index (χ1) is 13.9. The molecule has 0 aromatic heterocycles. The Morgan fingerprint density at radius 2 is 0.967 bits per heavy atom. The second-order valence-electron chi connectivity index (χ2n) is 6.91. The van der Waals surface area contributed by atoms with Crippen molar-refractivity contribution in [1.29, 1.82) is 0 Å². The van der Waals surface area contributed by atoms with Crippen molar-refractivity contribution in [3.05, 3.63) is 0 Å². The van der Waals surface area contributed by atoms with E-state index in [9.17, 15) is 40.2 Å². The summed E-state index contributed by atoms with van der Waals surface area (Å²) in [5.41, 5.74) is 0. The molecule has 176 valence electrons. The number of hydrogen-bond acceptors (Lipinski definition) is 12. The van der Waals surface area contributed by atoms with Crippen molar-refractivity contribution in [2.45, 2.75) is 75.1 Å². The molecule has 0 aromatic rings. The molecule has 0 unspecified atom stereocenters. The Labute approximate surface area is 171 Å². The molecule has 10 atom stereocenters. The number of ether oxygens (including phenoxy) is 2. The Kier molecular flexibility index (Phi) is 10.5. The minimum Gasteiger partial charge on any atom is -0.394 e. The summed E-state index contributed by atoms with van der Waals surface area (Å²) in [6, 6.07) is -2.19. The number of aliphatic hydroxyl groups excluding tert-OH is 8. The van der Waals surface area contributed by atoms with E-state index in [2.05, 4.69) is 10.6 Å². The molecule has 2 fully saturated rings. The van der Waals surface area contributed by atoms with Gasteiger partial charge in [0.1, 0.15) is 48.7 Å². The smallest absolute Gasteiger partial charge is 0.217 e. The quantitative estimate of drug-likeness (QED) is 0.196. The van der Waals surface area contributed by atoms with Crippen LogP contribution in [-0.4, -0.2) is 127 Å². The first kappa shape index (κ1) is 26.6. The van der Waals surface area contributed by atoms with E-state index in [1.807, 2.05) is 0 Å². The SMILES string of the molecule is CC(=O)N[C@@H]1[C@@H](O)[C@H](O)[C@@H](CO)O[C@H]1O.CC(=O)N[C@H]1[C@@H](O)[C@H](O)[C@@H](CO)O[C@H]1O. The lowest BCUT2D eigenvalue weighted by Gasteiger charge is -2.40. The van der Waals surface area contributed by atoms with Crippen LogP contribution < -0.4 is 10.6 Å². The normalized spacial score (nSPS) is 41.3. The summed E-state index contributed by atoms with van der Waals surface area (Å²) in [5, 5.41) is 78.8. The van der Waals surface area contributed by atoms with Crippen molar-refractivity contribution in [3.8, 4) is 0 Å². The predicted octanol–water partition coefficient (Wildman–Crippen LogP) is -6.16. The van der Waals surface area contributed by atoms with Crippen LogP contribution in [0.5, 0.6) is 0 Å². The van der Waals surface area contributed by atoms with Gasteiger partial charge in [0.15, 0.2) is 12.6 Å². The summed E-state index contributed by atoms with van der Waals surface area (Å²) < 4.78 is 9.62. The van der Waals surface area contributed by atoms with E-state index < -0.39 is 86.3 Å². The van der Waals surface area contributed by atoms with E-state index in [0.29, 0.717) is 0 Å². The highest BCUT2D eigenvalue weighted by molar-refractivity contribution is 5.73. The molecular formula is C16H30N2O12. The Morgan fingerprint density at radius 1 is 0.667 bits per heavy atom. The molecule has 30 heavy (non-hydrogen) atoms. The van der Waals surface area contributed by atoms with Crippen molar-refractivity contribution in [3.63, 3.8) is 0 Å². The van der Waals surface area contributed by atoms with Gasteiger partial charge in [-0.2, -0.15) is 0 Å². The fourth-order valence-electron chi connectivity index (χ4n) is 2.98. The van der Waals surface area contributed by atoms with Gasteiger partial charge in [0, 0.05) is 13.8 Å². The third-order valence-electron chi connectivity index (χ3n) is 4.54. The van der Waals surface area contributed by atoms with Gasteiger partial charge in [-0.1, -0.05) is 0 Å². The number of carbonyl (C=O) groups is 2. The Bertz CT molecular complexity index is 518. The molecule has 2 amide bonds. The van der Waals surface area contributed by atoms with Crippen molar-refractivity contribution in [2.24, 2.45) is 0 Å². The summed E-state index contributed by atoms with van der Waals surface area (Å²) in [6.07, 6.45) is -10.5. The topological polar surface area (TPSA) is 238 Å². The third kappa shape index (κ3) is 6.78. The molecule has 0 saturated carbocycles. The van der Waals surface area contributed by atoms with Crippen molar-refractivity contribution >= 4 is 11.8 Å². The molecule has 0 spiro atoms. The second-order valence-corrected chi connectivity index (χ2v) is 6.91. The van der Waals surface area contributed by atoms with Crippen LogP contribution >= 0.6 is 0 Å². The largest absolute Gasteiger partial charge is 0.394 e. The lowest BCUT2D eigenvalue weighted by atomic mass is 9.97. The van der Waals surface area contributed by atoms with Gasteiger partial charge in [0.25, 0.3) is 0 Å². The number of rotatable bonds is 4. The van der Waals surface area contributed by atoms with Gasteiger partial charge in [-0.3, -0.25) is 9.59 Å². The Morgan fingerprint density at radius 3 is 1.20 bits per heavy atom. The summed E-state index contributed by atoms with van der Waals surface area (Å²) in [6.45, 7) is 1.37. The highest BCUT2D eigenvalue weighted by Crippen LogP contribution is 2.20. The fourth-order valence-corrected chi connectivity index (χ4v) is 2.98. The van der Waals surface area contributed by atoms with E-state index in [0.717, 1.165) is 0 Å². The fraction of sp³-hybridized carbons (Fsp3) is 0.875. The maximum atomic E-state index is 10.7. The molecule has 0 radical (unpaired) electrons. The van der Waals surface area contributed by atoms with E-state index in [1.54, 1.807) is 0 Å². The zero-order valence-electron chi connectivity index (χ0n) is 16.4. The zero-order chi connectivity index (χ0) is 23.2. The average molecular weight is 442 g/mol. The van der Waals surface area contributed by atoms with Crippen LogP contribution in [0.2, 0.25) is 0 Å². The third-order valence-corrected chi connectivity index (χ3v) is 4.54. The number of aliphatic hydroxyl groups is 8. The molecule has 0 aliphatic carbocycles. The van der Waals surface area contributed by atoms with Crippen LogP contribution in [0.1, 0.15) is 13.8 Å². The van der Waals surface area contributed by atoms with Gasteiger partial charge in [0.05, 0.1) is 13.2 Å². The molecule has 2 heterocycles. The Hall–Kier alpha value is -1.46. The van der Waals surface area contributed by atoms with Crippen LogP contribution in [-0.2, 0) is 19.1 Å². The van der Waals surface area contributed by atoms with Gasteiger partial charge >= 0.3 is 0 Å². The molecule has 2 aliphatic heterocycles. The number of amides is 2. The molecule has 0 bridgehead atoms. The van der Waals surface area contributed by atoms with Crippen LogP contribution in [0.15, 0.2) is 0 Å². The standard InChI is InChI=1S/2C8H15NO6/c2*1-3(11)9-5-7(13)6(12)4(2-10)15-8(5)14/h2*4-8,10,12-14H,2H2,1H3,(H,9,11)/t4-,5+,6-,7-,8-;4-,5-,6-,7-,8-/m11/s1. The maximum Gasteiger partial charge on any atom is 0.217 e. The molecule has 2 aliphatic rings. The Balaban J connectivity index is 0.000000300. The first-order valence-corrected chi connectivity index (χ1v) is 9.09. The molecule has 14 nitrogen and oxygen atoms in total. The van der Waals surface area contributed by atoms with Gasteiger partial charge in [-0.05, 0) is 0 Å². The molecule has 0 aromatic carbocycles. The van der Waals surface area contributed by atoms with Gasteiger partial charge < -0.3 is 61.0 Å². The monoisotopic (exact) mass is 442 g/mol. The van der Waals surface area contributed by atoms with Gasteiger partial charge in [-0.15, -0.1) is 0 Å². The highest BCUT2D eigenvalue weighted by Gasteiger charge is 2.44. The van der Waals surface area contributed by atoms with E-state index in [4.69, 9.17) is 19.7 Å². The van der Waals surface area contributed by atoms with Crippen LogP contribution in [0.3, 0.4) is 0 Å². The van der Waals surface area contributed by atoms with Crippen molar-refractivity contribution < 1.29 is 59.9 Å². The van der Waals surface area contributed by atoms with Crippen molar-refractivity contribution in [1.82, 2.24) is 10.6 Å². The van der Waals surface area contributed by atoms with Gasteiger partial charge in [0.2, 0.25) is 11.8 Å². The number of nitrogens with one attached hydrogen (secondary N) is 2. The minimum atomic E-state index is -1.45.